The maximum absolute atomic E-state index is 13.1. The van der Waals surface area contributed by atoms with Crippen LogP contribution in [0.15, 0.2) is 48.5 Å². The molecule has 0 spiro atoms. The molecular weight excluding hydrogens is 472 g/mol. The standard InChI is InChI=1S/C29H34N2O6/c1-28(2,3)37-27(35)31-18-12-13-19(31)15-29(14-18,16-25(32)33)30-26(34)36-17-24-22-10-6-4-8-20(22)21-9-5-7-11-23(21)24/h4-11,18-19,24H,12-17H2,1-3H3,(H,30,34)(H,32,33). The van der Waals surface area contributed by atoms with E-state index in [9.17, 15) is 19.5 Å². The summed E-state index contributed by atoms with van der Waals surface area (Å²) in [6.45, 7) is 5.62. The molecule has 3 aliphatic rings. The van der Waals surface area contributed by atoms with Crippen LogP contribution in [0.1, 0.15) is 69.9 Å². The van der Waals surface area contributed by atoms with Crippen molar-refractivity contribution in [2.45, 2.75) is 82.0 Å². The number of hydrogen-bond acceptors (Lipinski definition) is 5. The van der Waals surface area contributed by atoms with Crippen LogP contribution in [0, 0.1) is 0 Å². The first-order valence-electron chi connectivity index (χ1n) is 12.9. The largest absolute Gasteiger partial charge is 0.481 e. The number of rotatable bonds is 5. The molecule has 8 nitrogen and oxygen atoms in total. The number of fused-ring (bicyclic) bond motifs is 5. The van der Waals surface area contributed by atoms with Crippen molar-refractivity contribution >= 4 is 18.2 Å². The summed E-state index contributed by atoms with van der Waals surface area (Å²) in [4.78, 5) is 39.5. The first-order valence-corrected chi connectivity index (χ1v) is 12.9. The van der Waals surface area contributed by atoms with E-state index in [1.54, 1.807) is 4.90 Å². The maximum atomic E-state index is 13.1. The zero-order valence-electron chi connectivity index (χ0n) is 21.5. The van der Waals surface area contributed by atoms with Crippen LogP contribution in [-0.2, 0) is 14.3 Å². The Hall–Kier alpha value is -3.55. The van der Waals surface area contributed by atoms with Gasteiger partial charge in [0.1, 0.15) is 12.2 Å². The fourth-order valence-electron chi connectivity index (χ4n) is 6.39. The number of aliphatic carboxylic acids is 1. The summed E-state index contributed by atoms with van der Waals surface area (Å²) >= 11 is 0. The number of alkyl carbamates (subject to hydrolysis) is 1. The molecule has 1 aliphatic carbocycles. The Bertz CT molecular complexity index is 1160. The number of carbonyl (C=O) groups is 3. The minimum absolute atomic E-state index is 0.0845. The minimum Gasteiger partial charge on any atom is -0.481 e. The van der Waals surface area contributed by atoms with Crippen LogP contribution in [-0.4, -0.2) is 58.0 Å². The molecule has 0 radical (unpaired) electrons. The minimum atomic E-state index is -0.996. The Balaban J connectivity index is 1.29. The number of nitrogens with one attached hydrogen (secondary N) is 1. The van der Waals surface area contributed by atoms with Crippen molar-refractivity contribution < 1.29 is 29.0 Å². The third kappa shape index (κ3) is 5.02. The number of hydrogen-bond donors (Lipinski definition) is 2. The molecule has 0 saturated carbocycles. The molecule has 2 fully saturated rings. The molecule has 2 atom stereocenters. The van der Waals surface area contributed by atoms with Crippen molar-refractivity contribution in [3.05, 3.63) is 59.7 Å². The molecule has 2 unspecified atom stereocenters. The van der Waals surface area contributed by atoms with Gasteiger partial charge in [-0.3, -0.25) is 4.79 Å². The van der Waals surface area contributed by atoms with Gasteiger partial charge in [-0.25, -0.2) is 9.59 Å². The van der Waals surface area contributed by atoms with E-state index in [2.05, 4.69) is 29.6 Å². The average molecular weight is 507 g/mol. The number of carboxylic acids is 1. The van der Waals surface area contributed by atoms with Crippen LogP contribution in [0.2, 0.25) is 0 Å². The van der Waals surface area contributed by atoms with Crippen LogP contribution >= 0.6 is 0 Å². The Labute approximate surface area is 216 Å². The van der Waals surface area contributed by atoms with Crippen molar-refractivity contribution in [3.8, 4) is 11.1 Å². The quantitative estimate of drug-likeness (QED) is 0.570. The zero-order chi connectivity index (χ0) is 26.4. The van der Waals surface area contributed by atoms with E-state index in [0.717, 1.165) is 35.1 Å². The average Bonchev–Trinajstić information content (AvgIpc) is 3.28. The summed E-state index contributed by atoms with van der Waals surface area (Å²) in [6, 6.07) is 15.8. The smallest absolute Gasteiger partial charge is 0.410 e. The fourth-order valence-corrected chi connectivity index (χ4v) is 6.39. The molecule has 8 heteroatoms. The topological polar surface area (TPSA) is 105 Å². The van der Waals surface area contributed by atoms with Gasteiger partial charge in [-0.15, -0.1) is 0 Å². The van der Waals surface area contributed by atoms with Gasteiger partial charge in [0.2, 0.25) is 0 Å². The van der Waals surface area contributed by atoms with E-state index in [0.29, 0.717) is 12.8 Å². The van der Waals surface area contributed by atoms with Crippen LogP contribution in [0.5, 0.6) is 0 Å². The molecular formula is C29H34N2O6. The van der Waals surface area contributed by atoms with E-state index < -0.39 is 23.2 Å². The van der Waals surface area contributed by atoms with Gasteiger partial charge in [0, 0.05) is 18.0 Å². The summed E-state index contributed by atoms with van der Waals surface area (Å²) in [5.41, 5.74) is 2.90. The lowest BCUT2D eigenvalue weighted by Crippen LogP contribution is -2.61. The van der Waals surface area contributed by atoms with Crippen LogP contribution in [0.25, 0.3) is 11.1 Å². The highest BCUT2D eigenvalue weighted by atomic mass is 16.6. The van der Waals surface area contributed by atoms with Gasteiger partial charge in [-0.05, 0) is 68.7 Å². The zero-order valence-corrected chi connectivity index (χ0v) is 21.5. The van der Waals surface area contributed by atoms with E-state index in [-0.39, 0.29) is 37.1 Å². The molecule has 2 saturated heterocycles. The molecule has 2 amide bonds. The molecule has 2 bridgehead atoms. The second kappa shape index (κ2) is 9.39. The molecule has 5 rings (SSSR count). The maximum Gasteiger partial charge on any atom is 0.410 e. The lowest BCUT2D eigenvalue weighted by atomic mass is 9.80. The summed E-state index contributed by atoms with van der Waals surface area (Å²) in [5.74, 6) is -1.08. The predicted octanol–water partition coefficient (Wildman–Crippen LogP) is 5.30. The highest BCUT2D eigenvalue weighted by Crippen LogP contribution is 2.45. The van der Waals surface area contributed by atoms with E-state index >= 15 is 0 Å². The number of benzene rings is 2. The third-order valence-electron chi connectivity index (χ3n) is 7.68. The molecule has 37 heavy (non-hydrogen) atoms. The van der Waals surface area contributed by atoms with Gasteiger partial charge in [0.15, 0.2) is 0 Å². The molecule has 2 heterocycles. The van der Waals surface area contributed by atoms with Crippen molar-refractivity contribution in [2.24, 2.45) is 0 Å². The van der Waals surface area contributed by atoms with Crippen LogP contribution in [0.3, 0.4) is 0 Å². The van der Waals surface area contributed by atoms with Gasteiger partial charge < -0.3 is 24.8 Å². The normalized spacial score (nSPS) is 24.2. The van der Waals surface area contributed by atoms with E-state index in [4.69, 9.17) is 9.47 Å². The highest BCUT2D eigenvalue weighted by molar-refractivity contribution is 5.79. The highest BCUT2D eigenvalue weighted by Gasteiger charge is 2.52. The number of piperidine rings is 1. The van der Waals surface area contributed by atoms with Crippen molar-refractivity contribution in [1.29, 1.82) is 0 Å². The molecule has 196 valence electrons. The van der Waals surface area contributed by atoms with E-state index in [1.807, 2.05) is 45.0 Å². The predicted molar refractivity (Wildman–Crippen MR) is 137 cm³/mol. The first kappa shape index (κ1) is 25.1. The summed E-state index contributed by atoms with van der Waals surface area (Å²) in [7, 11) is 0. The third-order valence-corrected chi connectivity index (χ3v) is 7.68. The first-order chi connectivity index (χ1) is 17.6. The lowest BCUT2D eigenvalue weighted by Gasteiger charge is -2.46. The van der Waals surface area contributed by atoms with Crippen molar-refractivity contribution in [1.82, 2.24) is 10.2 Å². The fraction of sp³-hybridized carbons (Fsp3) is 0.483. The van der Waals surface area contributed by atoms with Crippen molar-refractivity contribution in [3.63, 3.8) is 0 Å². The number of ether oxygens (including phenoxy) is 2. The second-order valence-corrected chi connectivity index (χ2v) is 11.5. The number of amides is 2. The summed E-state index contributed by atoms with van der Waals surface area (Å²) < 4.78 is 11.3. The number of carbonyl (C=O) groups excluding carboxylic acids is 2. The van der Waals surface area contributed by atoms with Gasteiger partial charge in [-0.2, -0.15) is 0 Å². The van der Waals surface area contributed by atoms with Crippen molar-refractivity contribution in [2.75, 3.05) is 6.61 Å². The molecule has 2 aromatic carbocycles. The Morgan fingerprint density at radius 1 is 0.973 bits per heavy atom. The van der Waals surface area contributed by atoms with Gasteiger partial charge in [0.25, 0.3) is 0 Å². The Morgan fingerprint density at radius 2 is 1.51 bits per heavy atom. The SMILES string of the molecule is CC(C)(C)OC(=O)N1C2CCC1CC(CC(=O)O)(NC(=O)OCC1c3ccccc3-c3ccccc31)C2. The molecule has 2 N–H and O–H groups in total. The Kier molecular flexibility index (Phi) is 6.38. The monoisotopic (exact) mass is 506 g/mol. The number of carboxylic acid groups (broad SMARTS) is 1. The molecule has 0 aromatic heterocycles. The lowest BCUT2D eigenvalue weighted by molar-refractivity contribution is -0.139. The summed E-state index contributed by atoms with van der Waals surface area (Å²) in [6.07, 6.45) is 0.943. The van der Waals surface area contributed by atoms with E-state index in [1.165, 1.54) is 0 Å². The Morgan fingerprint density at radius 3 is 2.03 bits per heavy atom. The number of nitrogens with zero attached hydrogens (tertiary/aromatic N) is 1. The van der Waals surface area contributed by atoms with Crippen LogP contribution in [0.4, 0.5) is 9.59 Å². The van der Waals surface area contributed by atoms with Gasteiger partial charge in [-0.1, -0.05) is 48.5 Å². The molecule has 2 aromatic rings. The molecule has 2 aliphatic heterocycles. The van der Waals surface area contributed by atoms with Gasteiger partial charge in [0.05, 0.1) is 12.0 Å². The van der Waals surface area contributed by atoms with Gasteiger partial charge >= 0.3 is 18.2 Å². The second-order valence-electron chi connectivity index (χ2n) is 11.5. The summed E-state index contributed by atoms with van der Waals surface area (Å²) in [5, 5.41) is 12.6. The van der Waals surface area contributed by atoms with Crippen LogP contribution < -0.4 is 5.32 Å².